The Hall–Kier alpha value is -1.63. The molecule has 25 heavy (non-hydrogen) atoms. The molecule has 1 aromatic rings. The van der Waals surface area contributed by atoms with E-state index < -0.39 is 5.54 Å². The molecule has 0 bridgehead atoms. The summed E-state index contributed by atoms with van der Waals surface area (Å²) in [5.41, 5.74) is 6.07. The Kier molecular flexibility index (Phi) is 5.61. The maximum Gasteiger partial charge on any atom is 0.253 e. The molecule has 0 spiro atoms. The van der Waals surface area contributed by atoms with Crippen LogP contribution < -0.4 is 5.73 Å². The van der Waals surface area contributed by atoms with Crippen molar-refractivity contribution in [2.75, 3.05) is 39.4 Å². The van der Waals surface area contributed by atoms with Crippen LogP contribution in [-0.2, 0) is 9.53 Å². The molecule has 2 aliphatic rings. The zero-order chi connectivity index (χ0) is 17.9. The number of halogens is 1. The van der Waals surface area contributed by atoms with E-state index in [0.29, 0.717) is 62.8 Å². The van der Waals surface area contributed by atoms with Gasteiger partial charge in [-0.25, -0.2) is 0 Å². The third kappa shape index (κ3) is 4.14. The quantitative estimate of drug-likeness (QED) is 0.862. The van der Waals surface area contributed by atoms with Crippen LogP contribution in [0.1, 0.15) is 29.6 Å². The van der Waals surface area contributed by atoms with Crippen LogP contribution in [0.25, 0.3) is 0 Å². The average Bonchev–Trinajstić information content (AvgIpc) is 2.87. The molecule has 7 heteroatoms. The normalized spacial score (nSPS) is 20.9. The highest BCUT2D eigenvalue weighted by molar-refractivity contribution is 6.30. The van der Waals surface area contributed by atoms with Gasteiger partial charge < -0.3 is 20.3 Å². The van der Waals surface area contributed by atoms with Crippen LogP contribution in [-0.4, -0.2) is 66.5 Å². The maximum absolute atomic E-state index is 12.8. The summed E-state index contributed by atoms with van der Waals surface area (Å²) in [7, 11) is 0. The molecule has 0 saturated carbocycles. The van der Waals surface area contributed by atoms with Crippen LogP contribution in [0.4, 0.5) is 0 Å². The smallest absolute Gasteiger partial charge is 0.253 e. The number of nitrogens with zero attached hydrogens (tertiary/aromatic N) is 2. The van der Waals surface area contributed by atoms with Gasteiger partial charge in [0.15, 0.2) is 0 Å². The first kappa shape index (κ1) is 18.2. The fourth-order valence-corrected chi connectivity index (χ4v) is 3.58. The molecule has 0 atom stereocenters. The van der Waals surface area contributed by atoms with E-state index in [2.05, 4.69) is 0 Å². The van der Waals surface area contributed by atoms with Crippen molar-refractivity contribution in [1.29, 1.82) is 0 Å². The number of hydrogen-bond donors (Lipinski definition) is 1. The second-order valence-corrected chi connectivity index (χ2v) is 7.15. The Morgan fingerprint density at radius 3 is 2.48 bits per heavy atom. The van der Waals surface area contributed by atoms with Crippen LogP contribution in [0.3, 0.4) is 0 Å². The standard InChI is InChI=1S/C18H24ClN3O3/c19-15-4-1-3-14(13-15)16(23)21-7-2-8-22(10-9-21)17(24)18(20)5-11-25-12-6-18/h1,3-4,13H,2,5-12,20H2. The molecule has 2 N–H and O–H groups in total. The largest absolute Gasteiger partial charge is 0.381 e. The lowest BCUT2D eigenvalue weighted by atomic mass is 9.89. The van der Waals surface area contributed by atoms with Crippen LogP contribution in [0.2, 0.25) is 5.02 Å². The molecular formula is C18H24ClN3O3. The van der Waals surface area contributed by atoms with E-state index >= 15 is 0 Å². The number of carbonyl (C=O) groups excluding carboxylic acids is 2. The van der Waals surface area contributed by atoms with Crippen molar-refractivity contribution in [2.24, 2.45) is 5.73 Å². The van der Waals surface area contributed by atoms with Gasteiger partial charge in [0.05, 0.1) is 5.54 Å². The van der Waals surface area contributed by atoms with E-state index in [1.165, 1.54) is 0 Å². The van der Waals surface area contributed by atoms with Gasteiger partial charge in [0.2, 0.25) is 5.91 Å². The predicted molar refractivity (Wildman–Crippen MR) is 95.5 cm³/mol. The van der Waals surface area contributed by atoms with Gasteiger partial charge >= 0.3 is 0 Å². The van der Waals surface area contributed by atoms with Gasteiger partial charge in [-0.05, 0) is 37.5 Å². The molecule has 2 aliphatic heterocycles. The summed E-state index contributed by atoms with van der Waals surface area (Å²) < 4.78 is 5.32. The van der Waals surface area contributed by atoms with Gasteiger partial charge in [0.25, 0.3) is 5.91 Å². The first-order valence-electron chi connectivity index (χ1n) is 8.70. The van der Waals surface area contributed by atoms with Crippen molar-refractivity contribution in [1.82, 2.24) is 9.80 Å². The number of rotatable bonds is 2. The SMILES string of the molecule is NC1(C(=O)N2CCCN(C(=O)c3cccc(Cl)c3)CC2)CCOCC1. The summed E-state index contributed by atoms with van der Waals surface area (Å²) in [6.45, 7) is 3.30. The van der Waals surface area contributed by atoms with Crippen LogP contribution in [0, 0.1) is 0 Å². The van der Waals surface area contributed by atoms with E-state index in [1.54, 1.807) is 34.1 Å². The summed E-state index contributed by atoms with van der Waals surface area (Å²) >= 11 is 5.98. The van der Waals surface area contributed by atoms with E-state index in [0.717, 1.165) is 6.42 Å². The Bertz CT molecular complexity index is 646. The zero-order valence-electron chi connectivity index (χ0n) is 14.2. The molecule has 0 aromatic heterocycles. The lowest BCUT2D eigenvalue weighted by Gasteiger charge is -2.36. The Labute approximate surface area is 152 Å². The Morgan fingerprint density at radius 2 is 1.76 bits per heavy atom. The minimum atomic E-state index is -0.829. The van der Waals surface area contributed by atoms with E-state index in [9.17, 15) is 9.59 Å². The molecule has 0 aliphatic carbocycles. The second-order valence-electron chi connectivity index (χ2n) is 6.72. The summed E-state index contributed by atoms with van der Waals surface area (Å²) in [6, 6.07) is 6.95. The van der Waals surface area contributed by atoms with Crippen molar-refractivity contribution in [2.45, 2.75) is 24.8 Å². The predicted octanol–water partition coefficient (Wildman–Crippen LogP) is 1.52. The number of benzene rings is 1. The number of carbonyl (C=O) groups is 2. The molecule has 0 unspecified atom stereocenters. The number of ether oxygens (including phenoxy) is 1. The van der Waals surface area contributed by atoms with Crippen molar-refractivity contribution in [3.05, 3.63) is 34.9 Å². The summed E-state index contributed by atoms with van der Waals surface area (Å²) in [5, 5.41) is 0.544. The van der Waals surface area contributed by atoms with Gasteiger partial charge in [-0.1, -0.05) is 17.7 Å². The van der Waals surface area contributed by atoms with E-state index in [1.807, 2.05) is 0 Å². The third-order valence-corrected chi connectivity index (χ3v) is 5.19. The molecular weight excluding hydrogens is 342 g/mol. The average molecular weight is 366 g/mol. The summed E-state index contributed by atoms with van der Waals surface area (Å²) in [6.07, 6.45) is 1.84. The van der Waals surface area contributed by atoms with Gasteiger partial charge in [-0.3, -0.25) is 9.59 Å². The molecule has 2 heterocycles. The van der Waals surface area contributed by atoms with Crippen molar-refractivity contribution < 1.29 is 14.3 Å². The zero-order valence-corrected chi connectivity index (χ0v) is 15.0. The lowest BCUT2D eigenvalue weighted by molar-refractivity contribution is -0.140. The van der Waals surface area contributed by atoms with Crippen LogP contribution in [0.15, 0.2) is 24.3 Å². The third-order valence-electron chi connectivity index (χ3n) is 4.95. The molecule has 2 saturated heterocycles. The molecule has 3 rings (SSSR count). The first-order valence-corrected chi connectivity index (χ1v) is 9.08. The van der Waals surface area contributed by atoms with Crippen molar-refractivity contribution >= 4 is 23.4 Å². The van der Waals surface area contributed by atoms with Crippen LogP contribution >= 0.6 is 11.6 Å². The Balaban J connectivity index is 1.64. The first-order chi connectivity index (χ1) is 12.0. The van der Waals surface area contributed by atoms with Gasteiger partial charge in [0.1, 0.15) is 0 Å². The highest BCUT2D eigenvalue weighted by Crippen LogP contribution is 2.22. The molecule has 6 nitrogen and oxygen atoms in total. The molecule has 2 fully saturated rings. The van der Waals surface area contributed by atoms with Crippen LogP contribution in [0.5, 0.6) is 0 Å². The monoisotopic (exact) mass is 365 g/mol. The summed E-state index contributed by atoms with van der Waals surface area (Å²) in [5.74, 6) is -0.0711. The maximum atomic E-state index is 12.8. The topological polar surface area (TPSA) is 75.9 Å². The molecule has 0 radical (unpaired) electrons. The van der Waals surface area contributed by atoms with Crippen molar-refractivity contribution in [3.8, 4) is 0 Å². The number of hydrogen-bond acceptors (Lipinski definition) is 4. The molecule has 2 amide bonds. The number of amides is 2. The highest BCUT2D eigenvalue weighted by Gasteiger charge is 2.39. The minimum absolute atomic E-state index is 0.0205. The second kappa shape index (κ2) is 7.72. The van der Waals surface area contributed by atoms with E-state index in [4.69, 9.17) is 22.1 Å². The Morgan fingerprint density at radius 1 is 1.08 bits per heavy atom. The van der Waals surface area contributed by atoms with Gasteiger partial charge in [-0.15, -0.1) is 0 Å². The molecule has 1 aromatic carbocycles. The molecule has 136 valence electrons. The van der Waals surface area contributed by atoms with Gasteiger partial charge in [-0.2, -0.15) is 0 Å². The highest BCUT2D eigenvalue weighted by atomic mass is 35.5. The number of nitrogens with two attached hydrogens (primary N) is 1. The fourth-order valence-electron chi connectivity index (χ4n) is 3.39. The summed E-state index contributed by atoms with van der Waals surface area (Å²) in [4.78, 5) is 29.1. The lowest BCUT2D eigenvalue weighted by Crippen LogP contribution is -2.58. The fraction of sp³-hybridized carbons (Fsp3) is 0.556. The van der Waals surface area contributed by atoms with Gasteiger partial charge in [0, 0.05) is 50.0 Å². The minimum Gasteiger partial charge on any atom is -0.381 e. The van der Waals surface area contributed by atoms with Crippen molar-refractivity contribution in [3.63, 3.8) is 0 Å². The van der Waals surface area contributed by atoms with E-state index in [-0.39, 0.29) is 11.8 Å².